The Kier molecular flexibility index (Phi) is 4.95. The zero-order chi connectivity index (χ0) is 16.1. The van der Waals surface area contributed by atoms with Gasteiger partial charge in [0, 0.05) is 17.3 Å². The highest BCUT2D eigenvalue weighted by molar-refractivity contribution is 6.32. The molecular formula is C15H13ClN2O4. The van der Waals surface area contributed by atoms with Gasteiger partial charge in [0.25, 0.3) is 11.6 Å². The third kappa shape index (κ3) is 3.95. The molecule has 0 radical (unpaired) electrons. The number of para-hydroxylation sites is 1. The van der Waals surface area contributed by atoms with Crippen molar-refractivity contribution in [3.63, 3.8) is 0 Å². The van der Waals surface area contributed by atoms with Crippen molar-refractivity contribution in [3.8, 4) is 5.75 Å². The molecule has 2 aromatic rings. The number of aryl methyl sites for hydroxylation is 1. The van der Waals surface area contributed by atoms with Crippen LogP contribution in [0.3, 0.4) is 0 Å². The van der Waals surface area contributed by atoms with E-state index >= 15 is 0 Å². The molecule has 1 N–H and O–H groups in total. The average molecular weight is 321 g/mol. The maximum atomic E-state index is 11.8. The first-order valence-corrected chi connectivity index (χ1v) is 6.77. The third-order valence-electron chi connectivity index (χ3n) is 2.89. The van der Waals surface area contributed by atoms with Crippen LogP contribution >= 0.6 is 11.6 Å². The van der Waals surface area contributed by atoms with E-state index in [-0.39, 0.29) is 12.3 Å². The average Bonchev–Trinajstić information content (AvgIpc) is 2.48. The number of carbonyl (C=O) groups is 1. The number of nitrogens with one attached hydrogen (secondary N) is 1. The molecule has 0 spiro atoms. The van der Waals surface area contributed by atoms with Crippen LogP contribution in [-0.2, 0) is 4.79 Å². The molecule has 0 unspecified atom stereocenters. The van der Waals surface area contributed by atoms with Crippen molar-refractivity contribution in [2.45, 2.75) is 6.92 Å². The zero-order valence-electron chi connectivity index (χ0n) is 11.7. The first-order chi connectivity index (χ1) is 10.5. The minimum atomic E-state index is -0.495. The summed E-state index contributed by atoms with van der Waals surface area (Å²) in [4.78, 5) is 22.2. The standard InChI is InChI=1S/C15H13ClN2O4/c1-10-6-7-11(8-13(10)18(20)21)17-15(19)9-22-14-5-3-2-4-12(14)16/h2-8H,9H2,1H3,(H,17,19). The van der Waals surface area contributed by atoms with E-state index in [0.29, 0.717) is 22.0 Å². The normalized spacial score (nSPS) is 10.1. The monoisotopic (exact) mass is 320 g/mol. The molecule has 0 fully saturated rings. The minimum absolute atomic E-state index is 0.0511. The molecule has 0 aliphatic heterocycles. The molecule has 0 aliphatic carbocycles. The van der Waals surface area contributed by atoms with Gasteiger partial charge in [-0.3, -0.25) is 14.9 Å². The van der Waals surface area contributed by atoms with Gasteiger partial charge < -0.3 is 10.1 Å². The predicted octanol–water partition coefficient (Wildman–Crippen LogP) is 3.57. The van der Waals surface area contributed by atoms with Gasteiger partial charge in [-0.15, -0.1) is 0 Å². The summed E-state index contributed by atoms with van der Waals surface area (Å²) in [5.41, 5.74) is 0.810. The van der Waals surface area contributed by atoms with Gasteiger partial charge in [-0.2, -0.15) is 0 Å². The van der Waals surface area contributed by atoms with Crippen molar-refractivity contribution in [3.05, 3.63) is 63.2 Å². The van der Waals surface area contributed by atoms with E-state index in [4.69, 9.17) is 16.3 Å². The van der Waals surface area contributed by atoms with Crippen molar-refractivity contribution in [1.29, 1.82) is 0 Å². The van der Waals surface area contributed by atoms with Gasteiger partial charge in [0.15, 0.2) is 6.61 Å². The molecule has 0 heterocycles. The van der Waals surface area contributed by atoms with Crippen LogP contribution in [0, 0.1) is 17.0 Å². The first-order valence-electron chi connectivity index (χ1n) is 6.39. The fraction of sp³-hybridized carbons (Fsp3) is 0.133. The van der Waals surface area contributed by atoms with Crippen LogP contribution in [0.1, 0.15) is 5.56 Å². The van der Waals surface area contributed by atoms with E-state index in [1.54, 1.807) is 43.3 Å². The van der Waals surface area contributed by atoms with Crippen LogP contribution in [-0.4, -0.2) is 17.4 Å². The Hall–Kier alpha value is -2.60. The summed E-state index contributed by atoms with van der Waals surface area (Å²) < 4.78 is 5.29. The minimum Gasteiger partial charge on any atom is -0.482 e. The summed E-state index contributed by atoms with van der Waals surface area (Å²) in [5.74, 6) is -0.0349. The Bertz CT molecular complexity index is 718. The quantitative estimate of drug-likeness (QED) is 0.674. The Morgan fingerprint density at radius 1 is 1.32 bits per heavy atom. The Morgan fingerprint density at radius 3 is 2.73 bits per heavy atom. The number of nitro benzene ring substituents is 1. The molecule has 0 atom stereocenters. The lowest BCUT2D eigenvalue weighted by molar-refractivity contribution is -0.385. The summed E-state index contributed by atoms with van der Waals surface area (Å²) in [6.45, 7) is 1.38. The molecule has 0 saturated heterocycles. The third-order valence-corrected chi connectivity index (χ3v) is 3.20. The predicted molar refractivity (Wildman–Crippen MR) is 83.4 cm³/mol. The van der Waals surface area contributed by atoms with Crippen LogP contribution in [0.2, 0.25) is 5.02 Å². The van der Waals surface area contributed by atoms with Gasteiger partial charge in [-0.05, 0) is 25.1 Å². The molecule has 114 valence electrons. The molecule has 2 aromatic carbocycles. The second-order valence-corrected chi connectivity index (χ2v) is 4.93. The molecule has 6 nitrogen and oxygen atoms in total. The fourth-order valence-corrected chi connectivity index (χ4v) is 1.98. The smallest absolute Gasteiger partial charge is 0.274 e. The van der Waals surface area contributed by atoms with Crippen LogP contribution < -0.4 is 10.1 Å². The number of hydrogen-bond acceptors (Lipinski definition) is 4. The molecule has 0 aromatic heterocycles. The van der Waals surface area contributed by atoms with Crippen LogP contribution in [0.4, 0.5) is 11.4 Å². The van der Waals surface area contributed by atoms with Gasteiger partial charge in [0.2, 0.25) is 0 Å². The largest absolute Gasteiger partial charge is 0.482 e. The topological polar surface area (TPSA) is 81.5 Å². The number of hydrogen-bond donors (Lipinski definition) is 1. The highest BCUT2D eigenvalue weighted by Gasteiger charge is 2.12. The molecule has 7 heteroatoms. The van der Waals surface area contributed by atoms with E-state index in [1.165, 1.54) is 6.07 Å². The van der Waals surface area contributed by atoms with Crippen LogP contribution in [0.5, 0.6) is 5.75 Å². The van der Waals surface area contributed by atoms with E-state index in [0.717, 1.165) is 0 Å². The number of halogens is 1. The first kappa shape index (κ1) is 15.8. The van der Waals surface area contributed by atoms with Gasteiger partial charge in [0.05, 0.1) is 9.95 Å². The highest BCUT2D eigenvalue weighted by Crippen LogP contribution is 2.24. The van der Waals surface area contributed by atoms with Crippen LogP contribution in [0.25, 0.3) is 0 Å². The number of benzene rings is 2. The lowest BCUT2D eigenvalue weighted by Crippen LogP contribution is -2.20. The lowest BCUT2D eigenvalue weighted by atomic mass is 10.2. The summed E-state index contributed by atoms with van der Waals surface area (Å²) in [7, 11) is 0. The van der Waals surface area contributed by atoms with Crippen molar-refractivity contribution < 1.29 is 14.5 Å². The number of rotatable bonds is 5. The number of anilines is 1. The molecule has 0 bridgehead atoms. The number of nitrogens with zero attached hydrogens (tertiary/aromatic N) is 1. The summed E-state index contributed by atoms with van der Waals surface area (Å²) >= 11 is 5.91. The fourth-order valence-electron chi connectivity index (χ4n) is 1.79. The number of amides is 1. The lowest BCUT2D eigenvalue weighted by Gasteiger charge is -2.09. The van der Waals surface area contributed by atoms with E-state index in [9.17, 15) is 14.9 Å². The summed E-state index contributed by atoms with van der Waals surface area (Å²) in [6, 6.07) is 11.3. The number of ether oxygens (including phenoxy) is 1. The van der Waals surface area contributed by atoms with Crippen molar-refractivity contribution in [2.75, 3.05) is 11.9 Å². The molecule has 1 amide bonds. The Balaban J connectivity index is 1.99. The Labute approximate surface area is 131 Å². The van der Waals surface area contributed by atoms with Gasteiger partial charge in [-0.25, -0.2) is 0 Å². The highest BCUT2D eigenvalue weighted by atomic mass is 35.5. The molecule has 0 aliphatic rings. The maximum Gasteiger partial charge on any atom is 0.274 e. The number of carbonyl (C=O) groups excluding carboxylic acids is 1. The van der Waals surface area contributed by atoms with Gasteiger partial charge >= 0.3 is 0 Å². The SMILES string of the molecule is Cc1ccc(NC(=O)COc2ccccc2Cl)cc1[N+](=O)[O-]. The van der Waals surface area contributed by atoms with Crippen molar-refractivity contribution in [2.24, 2.45) is 0 Å². The maximum absolute atomic E-state index is 11.8. The molecular weight excluding hydrogens is 308 g/mol. The van der Waals surface area contributed by atoms with E-state index < -0.39 is 10.8 Å². The van der Waals surface area contributed by atoms with Gasteiger partial charge in [0.1, 0.15) is 5.75 Å². The van der Waals surface area contributed by atoms with Gasteiger partial charge in [-0.1, -0.05) is 29.8 Å². The second kappa shape index (κ2) is 6.91. The zero-order valence-corrected chi connectivity index (χ0v) is 12.5. The van der Waals surface area contributed by atoms with E-state index in [1.807, 2.05) is 0 Å². The molecule has 22 heavy (non-hydrogen) atoms. The summed E-state index contributed by atoms with van der Waals surface area (Å²) in [6.07, 6.45) is 0. The Morgan fingerprint density at radius 2 is 2.05 bits per heavy atom. The number of nitro groups is 1. The van der Waals surface area contributed by atoms with Crippen LogP contribution in [0.15, 0.2) is 42.5 Å². The second-order valence-electron chi connectivity index (χ2n) is 4.53. The molecule has 0 saturated carbocycles. The summed E-state index contributed by atoms with van der Waals surface area (Å²) in [5, 5.41) is 13.8. The van der Waals surface area contributed by atoms with E-state index in [2.05, 4.69) is 5.32 Å². The van der Waals surface area contributed by atoms with Crippen molar-refractivity contribution >= 4 is 28.9 Å². The van der Waals surface area contributed by atoms with Crippen molar-refractivity contribution in [1.82, 2.24) is 0 Å². The molecule has 2 rings (SSSR count).